The molecule has 0 aromatic heterocycles. The van der Waals surface area contributed by atoms with Gasteiger partial charge in [-0.2, -0.15) is 8.42 Å². The van der Waals surface area contributed by atoms with Gasteiger partial charge in [0.2, 0.25) is 0 Å². The Morgan fingerprint density at radius 1 is 1.08 bits per heavy atom. The molecule has 0 aliphatic carbocycles. The highest BCUT2D eigenvalue weighted by Gasteiger charge is 2.18. The summed E-state index contributed by atoms with van der Waals surface area (Å²) in [5, 5.41) is 0. The molecular weight excluding hydrogens is 356 g/mol. The van der Waals surface area contributed by atoms with Crippen molar-refractivity contribution in [2.24, 2.45) is 0 Å². The van der Waals surface area contributed by atoms with Crippen LogP contribution in [0.2, 0.25) is 0 Å². The topological polar surface area (TPSA) is 89.9 Å². The minimum atomic E-state index is -4.58. The highest BCUT2D eigenvalue weighted by Crippen LogP contribution is 2.22. The van der Waals surface area contributed by atoms with Crippen LogP contribution in [0.5, 0.6) is 5.75 Å². The van der Waals surface area contributed by atoms with Crippen LogP contribution in [0.25, 0.3) is 0 Å². The lowest BCUT2D eigenvalue weighted by Crippen LogP contribution is -2.21. The van der Waals surface area contributed by atoms with Crippen molar-refractivity contribution in [2.75, 3.05) is 0 Å². The molecule has 0 amide bonds. The van der Waals surface area contributed by atoms with Crippen LogP contribution in [0.1, 0.15) is 70.8 Å². The Hall–Kier alpha value is -1.44. The van der Waals surface area contributed by atoms with Gasteiger partial charge in [-0.3, -0.25) is 9.35 Å². The standard InChI is InChI=1S/C19H30O6S/c1-3-4-5-6-7-8-9-12-17-13-10-11-14-18(17)24-19(20)15-16(2)25-26(21,22)23/h10-11,13-14,16H,3-9,12,15H2,1-2H3,(H,21,22,23). The summed E-state index contributed by atoms with van der Waals surface area (Å²) in [4.78, 5) is 12.0. The van der Waals surface area contributed by atoms with E-state index in [0.717, 1.165) is 24.8 Å². The quantitative estimate of drug-likeness (QED) is 0.233. The summed E-state index contributed by atoms with van der Waals surface area (Å²) in [5.41, 5.74) is 0.956. The fourth-order valence-corrected chi connectivity index (χ4v) is 3.21. The van der Waals surface area contributed by atoms with Crippen LogP contribution in [0.3, 0.4) is 0 Å². The molecule has 1 rings (SSSR count). The van der Waals surface area contributed by atoms with Crippen LogP contribution in [0, 0.1) is 0 Å². The zero-order valence-electron chi connectivity index (χ0n) is 15.6. The van der Waals surface area contributed by atoms with E-state index in [4.69, 9.17) is 9.29 Å². The Labute approximate surface area is 156 Å². The summed E-state index contributed by atoms with van der Waals surface area (Å²) in [6.45, 7) is 3.58. The van der Waals surface area contributed by atoms with Crippen LogP contribution >= 0.6 is 0 Å². The predicted molar refractivity (Wildman–Crippen MR) is 100 cm³/mol. The van der Waals surface area contributed by atoms with Crippen molar-refractivity contribution >= 4 is 16.4 Å². The number of ether oxygens (including phenoxy) is 1. The SMILES string of the molecule is CCCCCCCCCc1ccccc1OC(=O)CC(C)OS(=O)(=O)O. The van der Waals surface area contributed by atoms with Gasteiger partial charge in [0.05, 0.1) is 12.5 Å². The van der Waals surface area contributed by atoms with E-state index in [2.05, 4.69) is 11.1 Å². The highest BCUT2D eigenvalue weighted by molar-refractivity contribution is 7.80. The Bertz CT molecular complexity index is 641. The van der Waals surface area contributed by atoms with Crippen LogP contribution in [-0.4, -0.2) is 25.0 Å². The van der Waals surface area contributed by atoms with Crippen LogP contribution < -0.4 is 4.74 Å². The van der Waals surface area contributed by atoms with E-state index in [1.54, 1.807) is 12.1 Å². The zero-order valence-corrected chi connectivity index (χ0v) is 16.5. The minimum absolute atomic E-state index is 0.272. The highest BCUT2D eigenvalue weighted by atomic mass is 32.3. The molecule has 0 radical (unpaired) electrons. The van der Waals surface area contributed by atoms with Gasteiger partial charge in [-0.1, -0.05) is 63.6 Å². The van der Waals surface area contributed by atoms with Crippen LogP contribution in [0.4, 0.5) is 0 Å². The molecule has 7 heteroatoms. The Balaban J connectivity index is 2.44. The molecule has 1 aromatic rings. The maximum absolute atomic E-state index is 12.0. The maximum atomic E-state index is 12.0. The molecular formula is C19H30O6S. The molecule has 6 nitrogen and oxygen atoms in total. The van der Waals surface area contributed by atoms with E-state index < -0.39 is 22.5 Å². The van der Waals surface area contributed by atoms with E-state index in [9.17, 15) is 13.2 Å². The lowest BCUT2D eigenvalue weighted by Gasteiger charge is -2.12. The summed E-state index contributed by atoms with van der Waals surface area (Å²) in [5.74, 6) is -0.115. The average molecular weight is 387 g/mol. The third-order valence-corrected chi connectivity index (χ3v) is 4.56. The van der Waals surface area contributed by atoms with Crippen LogP contribution in [0.15, 0.2) is 24.3 Å². The van der Waals surface area contributed by atoms with Crippen molar-refractivity contribution in [1.29, 1.82) is 0 Å². The molecule has 148 valence electrons. The number of esters is 1. The second-order valence-corrected chi connectivity index (χ2v) is 7.54. The first kappa shape index (κ1) is 22.6. The third kappa shape index (κ3) is 10.5. The molecule has 0 bridgehead atoms. The number of rotatable bonds is 13. The van der Waals surface area contributed by atoms with Crippen molar-refractivity contribution < 1.29 is 26.7 Å². The summed E-state index contributed by atoms with van der Waals surface area (Å²) >= 11 is 0. The number of carbonyl (C=O) groups is 1. The van der Waals surface area contributed by atoms with Gasteiger partial charge in [0.1, 0.15) is 5.75 Å². The maximum Gasteiger partial charge on any atom is 0.397 e. The number of carbonyl (C=O) groups excluding carboxylic acids is 1. The van der Waals surface area contributed by atoms with Gasteiger partial charge in [0.25, 0.3) is 0 Å². The second-order valence-electron chi connectivity index (χ2n) is 6.49. The number of para-hydroxylation sites is 1. The fourth-order valence-electron chi connectivity index (χ4n) is 2.72. The smallest absolute Gasteiger partial charge is 0.397 e. The van der Waals surface area contributed by atoms with Gasteiger partial charge >= 0.3 is 16.4 Å². The van der Waals surface area contributed by atoms with Crippen molar-refractivity contribution in [3.63, 3.8) is 0 Å². The number of unbranched alkanes of at least 4 members (excludes halogenated alkanes) is 6. The predicted octanol–water partition coefficient (Wildman–Crippen LogP) is 4.48. The monoisotopic (exact) mass is 386 g/mol. The van der Waals surface area contributed by atoms with Crippen molar-refractivity contribution in [1.82, 2.24) is 0 Å². The number of benzene rings is 1. The van der Waals surface area contributed by atoms with Crippen molar-refractivity contribution in [3.8, 4) is 5.75 Å². The summed E-state index contributed by atoms with van der Waals surface area (Å²) in [6, 6.07) is 7.34. The lowest BCUT2D eigenvalue weighted by molar-refractivity contribution is -0.135. The normalized spacial score (nSPS) is 12.7. The molecule has 1 N–H and O–H groups in total. The van der Waals surface area contributed by atoms with Gasteiger partial charge < -0.3 is 4.74 Å². The lowest BCUT2D eigenvalue weighted by atomic mass is 10.0. The molecule has 0 saturated carbocycles. The van der Waals surface area contributed by atoms with Gasteiger partial charge in [-0.25, -0.2) is 4.18 Å². The molecule has 1 unspecified atom stereocenters. The Kier molecular flexibility index (Phi) is 10.5. The van der Waals surface area contributed by atoms with E-state index in [0.29, 0.717) is 5.75 Å². The first-order chi connectivity index (χ1) is 12.3. The van der Waals surface area contributed by atoms with Crippen LogP contribution in [-0.2, 0) is 25.8 Å². The largest absolute Gasteiger partial charge is 0.426 e. The van der Waals surface area contributed by atoms with E-state index in [1.807, 2.05) is 12.1 Å². The summed E-state index contributed by atoms with van der Waals surface area (Å²) < 4.78 is 39.6. The van der Waals surface area contributed by atoms with E-state index in [-0.39, 0.29) is 6.42 Å². The molecule has 0 heterocycles. The second kappa shape index (κ2) is 12.0. The molecule has 0 aliphatic heterocycles. The zero-order chi connectivity index (χ0) is 19.4. The summed E-state index contributed by atoms with van der Waals surface area (Å²) in [6.07, 6.45) is 8.03. The molecule has 1 aromatic carbocycles. The van der Waals surface area contributed by atoms with E-state index in [1.165, 1.54) is 39.0 Å². The first-order valence-electron chi connectivity index (χ1n) is 9.26. The molecule has 0 saturated heterocycles. The fraction of sp³-hybridized carbons (Fsp3) is 0.632. The van der Waals surface area contributed by atoms with Gasteiger partial charge in [0, 0.05) is 0 Å². The molecule has 0 aliphatic rings. The Morgan fingerprint density at radius 3 is 2.35 bits per heavy atom. The molecule has 0 spiro atoms. The van der Waals surface area contributed by atoms with Crippen molar-refractivity contribution in [2.45, 2.75) is 77.7 Å². The Morgan fingerprint density at radius 2 is 1.69 bits per heavy atom. The summed E-state index contributed by atoms with van der Waals surface area (Å²) in [7, 11) is -4.58. The van der Waals surface area contributed by atoms with E-state index >= 15 is 0 Å². The number of hydrogen-bond donors (Lipinski definition) is 1. The molecule has 26 heavy (non-hydrogen) atoms. The third-order valence-electron chi connectivity index (χ3n) is 3.99. The van der Waals surface area contributed by atoms with Crippen molar-refractivity contribution in [3.05, 3.63) is 29.8 Å². The molecule has 1 atom stereocenters. The molecule has 0 fully saturated rings. The number of hydrogen-bond acceptors (Lipinski definition) is 5. The average Bonchev–Trinajstić information content (AvgIpc) is 2.53. The van der Waals surface area contributed by atoms with Gasteiger partial charge in [-0.15, -0.1) is 0 Å². The minimum Gasteiger partial charge on any atom is -0.426 e. The van der Waals surface area contributed by atoms with Gasteiger partial charge in [-0.05, 0) is 31.4 Å². The van der Waals surface area contributed by atoms with Gasteiger partial charge in [0.15, 0.2) is 0 Å². The number of aryl methyl sites for hydroxylation is 1. The first-order valence-corrected chi connectivity index (χ1v) is 10.6.